The van der Waals surface area contributed by atoms with Gasteiger partial charge < -0.3 is 0 Å². The first-order chi connectivity index (χ1) is 5.31. The van der Waals surface area contributed by atoms with Gasteiger partial charge in [-0.25, -0.2) is 0 Å². The van der Waals surface area contributed by atoms with Crippen LogP contribution < -0.4 is 0 Å². The van der Waals surface area contributed by atoms with Crippen molar-refractivity contribution in [3.05, 3.63) is 12.3 Å². The molecule has 0 spiro atoms. The van der Waals surface area contributed by atoms with Gasteiger partial charge in [-0.3, -0.25) is 9.98 Å². The van der Waals surface area contributed by atoms with Crippen molar-refractivity contribution in [1.29, 1.82) is 0 Å². The van der Waals surface area contributed by atoms with E-state index in [1.165, 1.54) is 5.71 Å². The Morgan fingerprint density at radius 3 is 2.82 bits per heavy atom. The fourth-order valence-electron chi connectivity index (χ4n) is 0.728. The van der Waals surface area contributed by atoms with Crippen LogP contribution in [0.3, 0.4) is 0 Å². The molecular formula is C9H16N2. The van der Waals surface area contributed by atoms with Crippen LogP contribution in [0, 0.1) is 0 Å². The lowest BCUT2D eigenvalue weighted by Gasteiger charge is -1.91. The lowest BCUT2D eigenvalue weighted by Crippen LogP contribution is -1.87. The molecule has 0 bridgehead atoms. The van der Waals surface area contributed by atoms with Gasteiger partial charge in [-0.2, -0.15) is 0 Å². The van der Waals surface area contributed by atoms with Crippen LogP contribution >= 0.6 is 0 Å². The van der Waals surface area contributed by atoms with E-state index in [0.29, 0.717) is 6.54 Å². The van der Waals surface area contributed by atoms with E-state index in [-0.39, 0.29) is 0 Å². The number of rotatable bonds is 5. The molecule has 0 saturated carbocycles. The van der Waals surface area contributed by atoms with Gasteiger partial charge in [-0.15, -0.1) is 0 Å². The molecule has 0 aromatic rings. The monoisotopic (exact) mass is 152 g/mol. The molecule has 0 heterocycles. The molecule has 0 aliphatic carbocycles. The Morgan fingerprint density at radius 1 is 1.55 bits per heavy atom. The van der Waals surface area contributed by atoms with E-state index < -0.39 is 0 Å². The molecule has 0 N–H and O–H groups in total. The molecule has 0 aromatic carbocycles. The SMILES string of the molecule is C=NC/C=C\N=C(/C)CCC. The number of hydrogen-bond donors (Lipinski definition) is 0. The van der Waals surface area contributed by atoms with Crippen molar-refractivity contribution in [2.75, 3.05) is 6.54 Å². The summed E-state index contributed by atoms with van der Waals surface area (Å²) in [5.41, 5.74) is 1.17. The zero-order chi connectivity index (χ0) is 8.53. The van der Waals surface area contributed by atoms with Crippen molar-refractivity contribution < 1.29 is 0 Å². The third-order valence-electron chi connectivity index (χ3n) is 1.25. The highest BCUT2D eigenvalue weighted by Gasteiger charge is 1.83. The lowest BCUT2D eigenvalue weighted by atomic mass is 10.2. The second-order valence-electron chi connectivity index (χ2n) is 2.41. The van der Waals surface area contributed by atoms with Crippen LogP contribution in [0.15, 0.2) is 22.3 Å². The van der Waals surface area contributed by atoms with Crippen molar-refractivity contribution in [1.82, 2.24) is 0 Å². The predicted octanol–water partition coefficient (Wildman–Crippen LogP) is 2.46. The third kappa shape index (κ3) is 6.97. The van der Waals surface area contributed by atoms with Crippen LogP contribution in [0.25, 0.3) is 0 Å². The van der Waals surface area contributed by atoms with Gasteiger partial charge in [0.1, 0.15) is 0 Å². The summed E-state index contributed by atoms with van der Waals surface area (Å²) in [5, 5.41) is 0. The first kappa shape index (κ1) is 10.1. The van der Waals surface area contributed by atoms with Crippen molar-refractivity contribution in [3.63, 3.8) is 0 Å². The van der Waals surface area contributed by atoms with Gasteiger partial charge in [0, 0.05) is 11.9 Å². The summed E-state index contributed by atoms with van der Waals surface area (Å²) < 4.78 is 0. The average Bonchev–Trinajstić information content (AvgIpc) is 1.99. The number of aliphatic imine (C=N–C) groups is 2. The van der Waals surface area contributed by atoms with E-state index in [1.54, 1.807) is 6.20 Å². The molecule has 0 aliphatic rings. The van der Waals surface area contributed by atoms with Gasteiger partial charge >= 0.3 is 0 Å². The van der Waals surface area contributed by atoms with Gasteiger partial charge in [0.2, 0.25) is 0 Å². The smallest absolute Gasteiger partial charge is 0.0580 e. The first-order valence-corrected chi connectivity index (χ1v) is 3.92. The molecule has 0 amide bonds. The topological polar surface area (TPSA) is 24.7 Å². The normalized spacial score (nSPS) is 12.4. The highest BCUT2D eigenvalue weighted by Crippen LogP contribution is 1.91. The minimum atomic E-state index is 0.656. The summed E-state index contributed by atoms with van der Waals surface area (Å²) in [7, 11) is 0. The summed E-state index contributed by atoms with van der Waals surface area (Å²) in [6.07, 6.45) is 5.92. The van der Waals surface area contributed by atoms with Crippen LogP contribution in [-0.2, 0) is 0 Å². The van der Waals surface area contributed by atoms with E-state index in [4.69, 9.17) is 0 Å². The quantitative estimate of drug-likeness (QED) is 0.541. The first-order valence-electron chi connectivity index (χ1n) is 3.92. The summed E-state index contributed by atoms with van der Waals surface area (Å²) >= 11 is 0. The standard InChI is InChI=1S/C9H16N2/c1-4-6-9(2)11-8-5-7-10-3/h5,8H,3-4,6-7H2,1-2H3/b8-5-,11-9+. The Labute approximate surface area is 68.8 Å². The molecule has 0 aromatic heterocycles. The van der Waals surface area contributed by atoms with Gasteiger partial charge in [0.25, 0.3) is 0 Å². The van der Waals surface area contributed by atoms with Crippen molar-refractivity contribution in [2.45, 2.75) is 26.7 Å². The molecule has 0 atom stereocenters. The summed E-state index contributed by atoms with van der Waals surface area (Å²) in [6.45, 7) is 8.20. The van der Waals surface area contributed by atoms with E-state index >= 15 is 0 Å². The Bertz CT molecular complexity index is 157. The van der Waals surface area contributed by atoms with E-state index in [0.717, 1.165) is 12.8 Å². The van der Waals surface area contributed by atoms with Gasteiger partial charge in [-0.05, 0) is 26.1 Å². The van der Waals surface area contributed by atoms with Crippen LogP contribution in [0.1, 0.15) is 26.7 Å². The Morgan fingerprint density at radius 2 is 2.27 bits per heavy atom. The maximum Gasteiger partial charge on any atom is 0.0580 e. The molecule has 0 rings (SSSR count). The molecular weight excluding hydrogens is 136 g/mol. The van der Waals surface area contributed by atoms with Gasteiger partial charge in [-0.1, -0.05) is 13.3 Å². The second kappa shape index (κ2) is 7.19. The van der Waals surface area contributed by atoms with Crippen molar-refractivity contribution >= 4 is 12.4 Å². The fraction of sp³-hybridized carbons (Fsp3) is 0.556. The predicted molar refractivity (Wildman–Crippen MR) is 51.6 cm³/mol. The molecule has 2 heteroatoms. The number of hydrogen-bond acceptors (Lipinski definition) is 2. The molecule has 2 nitrogen and oxygen atoms in total. The van der Waals surface area contributed by atoms with E-state index in [9.17, 15) is 0 Å². The zero-order valence-electron chi connectivity index (χ0n) is 7.38. The summed E-state index contributed by atoms with van der Waals surface area (Å²) in [6, 6.07) is 0. The molecule has 62 valence electrons. The number of nitrogens with zero attached hydrogens (tertiary/aromatic N) is 2. The Kier molecular flexibility index (Phi) is 6.59. The Balaban J connectivity index is 3.61. The molecule has 0 saturated heterocycles. The van der Waals surface area contributed by atoms with E-state index in [2.05, 4.69) is 23.6 Å². The average molecular weight is 152 g/mol. The van der Waals surface area contributed by atoms with Gasteiger partial charge in [0.15, 0.2) is 0 Å². The minimum Gasteiger partial charge on any atom is -0.297 e. The molecule has 0 radical (unpaired) electrons. The van der Waals surface area contributed by atoms with Crippen molar-refractivity contribution in [2.24, 2.45) is 9.98 Å². The maximum atomic E-state index is 4.20. The van der Waals surface area contributed by atoms with Crippen LogP contribution in [-0.4, -0.2) is 19.0 Å². The molecule has 0 unspecified atom stereocenters. The highest BCUT2D eigenvalue weighted by atomic mass is 14.7. The third-order valence-corrected chi connectivity index (χ3v) is 1.25. The zero-order valence-corrected chi connectivity index (χ0v) is 7.38. The summed E-state index contributed by atoms with van der Waals surface area (Å²) in [5.74, 6) is 0. The minimum absolute atomic E-state index is 0.656. The fourth-order valence-corrected chi connectivity index (χ4v) is 0.728. The van der Waals surface area contributed by atoms with Gasteiger partial charge in [0.05, 0.1) is 6.54 Å². The van der Waals surface area contributed by atoms with Crippen LogP contribution in [0.4, 0.5) is 0 Å². The second-order valence-corrected chi connectivity index (χ2v) is 2.41. The highest BCUT2D eigenvalue weighted by molar-refractivity contribution is 5.82. The van der Waals surface area contributed by atoms with E-state index in [1.807, 2.05) is 13.0 Å². The van der Waals surface area contributed by atoms with Crippen LogP contribution in [0.5, 0.6) is 0 Å². The molecule has 11 heavy (non-hydrogen) atoms. The maximum absolute atomic E-state index is 4.20. The molecule has 0 fully saturated rings. The van der Waals surface area contributed by atoms with Crippen molar-refractivity contribution in [3.8, 4) is 0 Å². The lowest BCUT2D eigenvalue weighted by molar-refractivity contribution is 0.987. The van der Waals surface area contributed by atoms with Crippen LogP contribution in [0.2, 0.25) is 0 Å². The molecule has 0 aliphatic heterocycles. The largest absolute Gasteiger partial charge is 0.297 e. The Hall–Kier alpha value is -0.920. The summed E-state index contributed by atoms with van der Waals surface area (Å²) in [4.78, 5) is 7.87.